The number of rotatable bonds is 4. The zero-order chi connectivity index (χ0) is 15.2. The van der Waals surface area contributed by atoms with E-state index in [0.717, 1.165) is 5.56 Å². The summed E-state index contributed by atoms with van der Waals surface area (Å²) in [5.74, 6) is 0.242. The minimum Gasteiger partial charge on any atom is -0.511 e. The minimum absolute atomic E-state index is 0.207. The summed E-state index contributed by atoms with van der Waals surface area (Å²) in [6, 6.07) is 6.09. The molecule has 1 aliphatic rings. The molecule has 0 spiro atoms. The average molecular weight is 290 g/mol. The SMILES string of the molecule is COC(=O)C(=CO)Oc1cc(C2CCCCC2)ccc1C. The van der Waals surface area contributed by atoms with Gasteiger partial charge >= 0.3 is 5.97 Å². The predicted molar refractivity (Wildman–Crippen MR) is 80.4 cm³/mol. The third-order valence-electron chi connectivity index (χ3n) is 4.01. The van der Waals surface area contributed by atoms with E-state index >= 15 is 0 Å². The van der Waals surface area contributed by atoms with Gasteiger partial charge in [0.15, 0.2) is 0 Å². The van der Waals surface area contributed by atoms with Crippen molar-refractivity contribution in [2.45, 2.75) is 44.9 Å². The number of methoxy groups -OCH3 is 1. The molecule has 2 rings (SSSR count). The summed E-state index contributed by atoms with van der Waals surface area (Å²) >= 11 is 0. The molecule has 1 aromatic rings. The number of aryl methyl sites for hydroxylation is 1. The average Bonchev–Trinajstić information content (AvgIpc) is 2.54. The standard InChI is InChI=1S/C17H22O4/c1-12-8-9-14(13-6-4-3-5-7-13)10-15(12)21-16(11-18)17(19)20-2/h8-11,13,18H,3-7H2,1-2H3. The van der Waals surface area contributed by atoms with E-state index in [4.69, 9.17) is 9.84 Å². The third-order valence-corrected chi connectivity index (χ3v) is 4.01. The van der Waals surface area contributed by atoms with Crippen LogP contribution in [0.25, 0.3) is 0 Å². The third kappa shape index (κ3) is 3.78. The van der Waals surface area contributed by atoms with E-state index in [1.165, 1.54) is 44.8 Å². The van der Waals surface area contributed by atoms with Crippen molar-refractivity contribution in [3.8, 4) is 5.75 Å². The number of esters is 1. The van der Waals surface area contributed by atoms with Crippen molar-refractivity contribution in [1.82, 2.24) is 0 Å². The van der Waals surface area contributed by atoms with Crippen molar-refractivity contribution in [3.05, 3.63) is 41.3 Å². The first-order valence-electron chi connectivity index (χ1n) is 7.36. The van der Waals surface area contributed by atoms with Crippen LogP contribution in [0, 0.1) is 6.92 Å². The van der Waals surface area contributed by atoms with E-state index < -0.39 is 5.97 Å². The van der Waals surface area contributed by atoms with Crippen LogP contribution in [0.5, 0.6) is 5.75 Å². The van der Waals surface area contributed by atoms with Crippen LogP contribution in [0.4, 0.5) is 0 Å². The molecule has 1 saturated carbocycles. The molecule has 0 unspecified atom stereocenters. The molecule has 1 fully saturated rings. The van der Waals surface area contributed by atoms with Gasteiger partial charge in [0, 0.05) is 0 Å². The first kappa shape index (κ1) is 15.4. The van der Waals surface area contributed by atoms with Crippen LogP contribution < -0.4 is 4.74 Å². The molecule has 1 aliphatic carbocycles. The van der Waals surface area contributed by atoms with Crippen LogP contribution in [-0.4, -0.2) is 18.2 Å². The molecule has 0 radical (unpaired) electrons. The quantitative estimate of drug-likeness (QED) is 0.517. The molecule has 0 saturated heterocycles. The van der Waals surface area contributed by atoms with Crippen molar-refractivity contribution >= 4 is 5.97 Å². The van der Waals surface area contributed by atoms with Gasteiger partial charge in [-0.15, -0.1) is 0 Å². The smallest absolute Gasteiger partial charge is 0.377 e. The number of hydrogen-bond donors (Lipinski definition) is 1. The molecule has 0 bridgehead atoms. The van der Waals surface area contributed by atoms with Crippen LogP contribution in [0.2, 0.25) is 0 Å². The van der Waals surface area contributed by atoms with Gasteiger partial charge in [-0.1, -0.05) is 31.4 Å². The Morgan fingerprint density at radius 1 is 1.29 bits per heavy atom. The molecule has 114 valence electrons. The first-order valence-corrected chi connectivity index (χ1v) is 7.36. The highest BCUT2D eigenvalue weighted by atomic mass is 16.6. The molecule has 1 aromatic carbocycles. The maximum absolute atomic E-state index is 11.5. The maximum Gasteiger partial charge on any atom is 0.377 e. The highest BCUT2D eigenvalue weighted by molar-refractivity contribution is 5.86. The lowest BCUT2D eigenvalue weighted by atomic mass is 9.84. The van der Waals surface area contributed by atoms with Crippen molar-refractivity contribution < 1.29 is 19.4 Å². The largest absolute Gasteiger partial charge is 0.511 e. The summed E-state index contributed by atoms with van der Waals surface area (Å²) in [5, 5.41) is 9.11. The molecule has 0 amide bonds. The lowest BCUT2D eigenvalue weighted by Crippen LogP contribution is -2.12. The van der Waals surface area contributed by atoms with Crippen molar-refractivity contribution in [2.24, 2.45) is 0 Å². The van der Waals surface area contributed by atoms with Gasteiger partial charge in [0.05, 0.1) is 7.11 Å². The van der Waals surface area contributed by atoms with E-state index in [1.807, 2.05) is 19.1 Å². The monoisotopic (exact) mass is 290 g/mol. The Bertz CT molecular complexity index is 528. The molecule has 1 N–H and O–H groups in total. The Hall–Kier alpha value is -1.97. The molecular weight excluding hydrogens is 268 g/mol. The lowest BCUT2D eigenvalue weighted by molar-refractivity contribution is -0.138. The fourth-order valence-electron chi connectivity index (χ4n) is 2.76. The lowest BCUT2D eigenvalue weighted by Gasteiger charge is -2.23. The maximum atomic E-state index is 11.5. The van der Waals surface area contributed by atoms with E-state index in [-0.39, 0.29) is 5.76 Å². The normalized spacial score (nSPS) is 16.6. The number of carbonyl (C=O) groups excluding carboxylic acids is 1. The summed E-state index contributed by atoms with van der Waals surface area (Å²) in [6.45, 7) is 1.91. The second-order valence-corrected chi connectivity index (χ2v) is 5.45. The summed E-state index contributed by atoms with van der Waals surface area (Å²) in [6.07, 6.45) is 6.87. The minimum atomic E-state index is -0.694. The molecule has 4 heteroatoms. The summed E-state index contributed by atoms with van der Waals surface area (Å²) in [5.41, 5.74) is 2.15. The Morgan fingerprint density at radius 2 is 2.00 bits per heavy atom. The topological polar surface area (TPSA) is 55.8 Å². The highest BCUT2D eigenvalue weighted by Gasteiger charge is 2.18. The number of aliphatic hydroxyl groups excluding tert-OH is 1. The number of hydrogen-bond acceptors (Lipinski definition) is 4. The predicted octanol–water partition coefficient (Wildman–Crippen LogP) is 3.99. The molecule has 0 atom stereocenters. The number of carbonyl (C=O) groups is 1. The summed E-state index contributed by atoms with van der Waals surface area (Å²) in [4.78, 5) is 11.5. The molecule has 21 heavy (non-hydrogen) atoms. The van der Waals surface area contributed by atoms with Crippen molar-refractivity contribution in [1.29, 1.82) is 0 Å². The highest BCUT2D eigenvalue weighted by Crippen LogP contribution is 2.35. The van der Waals surface area contributed by atoms with Crippen LogP contribution in [0.1, 0.15) is 49.1 Å². The van der Waals surface area contributed by atoms with E-state index in [9.17, 15) is 4.79 Å². The fourth-order valence-corrected chi connectivity index (χ4v) is 2.76. The number of ether oxygens (including phenoxy) is 2. The Balaban J connectivity index is 2.20. The molecule has 0 aromatic heterocycles. The fraction of sp³-hybridized carbons (Fsp3) is 0.471. The van der Waals surface area contributed by atoms with Gasteiger partial charge in [0.25, 0.3) is 0 Å². The van der Waals surface area contributed by atoms with E-state index in [2.05, 4.69) is 10.8 Å². The molecular formula is C17H22O4. The van der Waals surface area contributed by atoms with Gasteiger partial charge < -0.3 is 14.6 Å². The van der Waals surface area contributed by atoms with Crippen LogP contribution >= 0.6 is 0 Å². The van der Waals surface area contributed by atoms with E-state index in [0.29, 0.717) is 17.9 Å². The summed E-state index contributed by atoms with van der Waals surface area (Å²) < 4.78 is 10.1. The van der Waals surface area contributed by atoms with Crippen LogP contribution in [0.15, 0.2) is 30.2 Å². The van der Waals surface area contributed by atoms with Crippen LogP contribution in [-0.2, 0) is 9.53 Å². The van der Waals surface area contributed by atoms with Gasteiger partial charge in [0.1, 0.15) is 12.0 Å². The van der Waals surface area contributed by atoms with E-state index in [1.54, 1.807) is 0 Å². The Labute approximate surface area is 125 Å². The number of benzene rings is 1. The van der Waals surface area contributed by atoms with Gasteiger partial charge in [-0.3, -0.25) is 0 Å². The van der Waals surface area contributed by atoms with Gasteiger partial charge in [-0.05, 0) is 42.9 Å². The number of aliphatic hydroxyl groups is 1. The Kier molecular flexibility index (Phi) is 5.26. The van der Waals surface area contributed by atoms with Gasteiger partial charge in [-0.2, -0.15) is 0 Å². The Morgan fingerprint density at radius 3 is 2.62 bits per heavy atom. The van der Waals surface area contributed by atoms with Crippen molar-refractivity contribution in [2.75, 3.05) is 7.11 Å². The van der Waals surface area contributed by atoms with Crippen LogP contribution in [0.3, 0.4) is 0 Å². The van der Waals surface area contributed by atoms with Gasteiger partial charge in [-0.25, -0.2) is 4.79 Å². The summed E-state index contributed by atoms with van der Waals surface area (Å²) in [7, 11) is 1.25. The zero-order valence-electron chi connectivity index (χ0n) is 12.6. The van der Waals surface area contributed by atoms with Gasteiger partial charge in [0.2, 0.25) is 5.76 Å². The second-order valence-electron chi connectivity index (χ2n) is 5.45. The molecule has 0 heterocycles. The van der Waals surface area contributed by atoms with Crippen molar-refractivity contribution in [3.63, 3.8) is 0 Å². The molecule has 0 aliphatic heterocycles. The molecule has 4 nitrogen and oxygen atoms in total. The zero-order valence-corrected chi connectivity index (χ0v) is 12.6. The second kappa shape index (κ2) is 7.16. The first-order chi connectivity index (χ1) is 10.2.